The Hall–Kier alpha value is -1.39. The van der Waals surface area contributed by atoms with Gasteiger partial charge in [0.15, 0.2) is 0 Å². The molecule has 3 N–H and O–H groups in total. The molecule has 0 heterocycles. The smallest absolute Gasteiger partial charge is 0.233 e. The zero-order valence-electron chi connectivity index (χ0n) is 11.7. The van der Waals surface area contributed by atoms with Gasteiger partial charge in [0.25, 0.3) is 0 Å². The average Bonchev–Trinajstić information content (AvgIpc) is 2.42. The Balaban J connectivity index is 2.31. The first-order valence-corrected chi connectivity index (χ1v) is 6.76. The third kappa shape index (κ3) is 6.94. The number of benzene rings is 1. The van der Waals surface area contributed by atoms with Gasteiger partial charge in [0.2, 0.25) is 5.91 Å². The summed E-state index contributed by atoms with van der Waals surface area (Å²) in [6.07, 6.45) is 0.717. The first-order valence-electron chi connectivity index (χ1n) is 6.76. The summed E-state index contributed by atoms with van der Waals surface area (Å²) >= 11 is 0. The molecule has 1 aromatic rings. The highest BCUT2D eigenvalue weighted by Crippen LogP contribution is 2.02. The van der Waals surface area contributed by atoms with Crippen LogP contribution in [-0.2, 0) is 11.2 Å². The lowest BCUT2D eigenvalue weighted by Gasteiger charge is -2.16. The van der Waals surface area contributed by atoms with Gasteiger partial charge >= 0.3 is 0 Å². The second-order valence-corrected chi connectivity index (χ2v) is 5.15. The van der Waals surface area contributed by atoms with Crippen LogP contribution in [0.15, 0.2) is 30.3 Å². The average molecular weight is 264 g/mol. The normalized spacial score (nSPS) is 12.4. The van der Waals surface area contributed by atoms with Crippen LogP contribution in [-0.4, -0.2) is 36.8 Å². The fourth-order valence-corrected chi connectivity index (χ4v) is 1.72. The Morgan fingerprint density at radius 1 is 1.26 bits per heavy atom. The lowest BCUT2D eigenvalue weighted by molar-refractivity contribution is -0.120. The van der Waals surface area contributed by atoms with E-state index in [4.69, 9.17) is 0 Å². The molecular weight excluding hydrogens is 240 g/mol. The van der Waals surface area contributed by atoms with Gasteiger partial charge in [0.05, 0.1) is 13.2 Å². The molecule has 0 spiro atoms. The minimum absolute atomic E-state index is 0.0202. The number of hydrogen-bond acceptors (Lipinski definition) is 3. The highest BCUT2D eigenvalue weighted by atomic mass is 16.3. The molecule has 0 aliphatic carbocycles. The molecule has 1 atom stereocenters. The van der Waals surface area contributed by atoms with Crippen molar-refractivity contribution in [3.05, 3.63) is 35.9 Å². The molecule has 0 bridgehead atoms. The van der Waals surface area contributed by atoms with Gasteiger partial charge in [-0.05, 0) is 17.9 Å². The molecule has 19 heavy (non-hydrogen) atoms. The van der Waals surface area contributed by atoms with Crippen LogP contribution < -0.4 is 10.6 Å². The number of rotatable bonds is 8. The highest BCUT2D eigenvalue weighted by molar-refractivity contribution is 5.78. The molecule has 0 aliphatic rings. The molecule has 0 radical (unpaired) electrons. The molecule has 1 aromatic carbocycles. The van der Waals surface area contributed by atoms with Crippen molar-refractivity contribution in [2.24, 2.45) is 5.92 Å². The molecule has 4 nitrogen and oxygen atoms in total. The van der Waals surface area contributed by atoms with Crippen molar-refractivity contribution in [2.75, 3.05) is 19.7 Å². The molecule has 0 aromatic heterocycles. The predicted molar refractivity (Wildman–Crippen MR) is 76.9 cm³/mol. The summed E-state index contributed by atoms with van der Waals surface area (Å²) in [5.74, 6) is 0.419. The molecule has 0 saturated heterocycles. The van der Waals surface area contributed by atoms with Crippen molar-refractivity contribution in [1.29, 1.82) is 0 Å². The summed E-state index contributed by atoms with van der Waals surface area (Å²) < 4.78 is 0. The van der Waals surface area contributed by atoms with Crippen LogP contribution in [0.1, 0.15) is 19.4 Å². The van der Waals surface area contributed by atoms with E-state index in [1.165, 1.54) is 0 Å². The fraction of sp³-hybridized carbons (Fsp3) is 0.533. The van der Waals surface area contributed by atoms with E-state index in [9.17, 15) is 9.90 Å². The molecule has 0 saturated carbocycles. The molecule has 1 amide bonds. The first-order chi connectivity index (χ1) is 9.11. The van der Waals surface area contributed by atoms with Gasteiger partial charge in [-0.15, -0.1) is 0 Å². The van der Waals surface area contributed by atoms with Crippen molar-refractivity contribution in [1.82, 2.24) is 10.6 Å². The van der Waals surface area contributed by atoms with E-state index in [1.807, 2.05) is 30.3 Å². The van der Waals surface area contributed by atoms with E-state index in [2.05, 4.69) is 24.5 Å². The van der Waals surface area contributed by atoms with E-state index in [0.717, 1.165) is 12.0 Å². The monoisotopic (exact) mass is 264 g/mol. The maximum atomic E-state index is 11.6. The molecule has 0 fully saturated rings. The summed E-state index contributed by atoms with van der Waals surface area (Å²) in [5, 5.41) is 15.2. The lowest BCUT2D eigenvalue weighted by Crippen LogP contribution is -2.42. The van der Waals surface area contributed by atoms with E-state index < -0.39 is 0 Å². The maximum Gasteiger partial charge on any atom is 0.233 e. The first kappa shape index (κ1) is 15.7. The van der Waals surface area contributed by atoms with E-state index in [-0.39, 0.29) is 25.1 Å². The van der Waals surface area contributed by atoms with Gasteiger partial charge in [-0.2, -0.15) is 0 Å². The summed E-state index contributed by atoms with van der Waals surface area (Å²) in [6, 6.07) is 9.85. The third-order valence-electron chi connectivity index (χ3n) is 2.80. The number of carbonyl (C=O) groups excluding carboxylic acids is 1. The second-order valence-electron chi connectivity index (χ2n) is 5.15. The Morgan fingerprint density at radius 3 is 2.53 bits per heavy atom. The number of amides is 1. The number of carbonyl (C=O) groups is 1. The minimum atomic E-state index is -0.0906. The Labute approximate surface area is 115 Å². The van der Waals surface area contributed by atoms with Crippen molar-refractivity contribution < 1.29 is 9.90 Å². The quantitative estimate of drug-likeness (QED) is 0.655. The largest absolute Gasteiger partial charge is 0.395 e. The lowest BCUT2D eigenvalue weighted by atomic mass is 10.1. The van der Waals surface area contributed by atoms with Crippen LogP contribution in [0.5, 0.6) is 0 Å². The third-order valence-corrected chi connectivity index (χ3v) is 2.80. The van der Waals surface area contributed by atoms with E-state index >= 15 is 0 Å². The summed E-state index contributed by atoms with van der Waals surface area (Å²) in [4.78, 5) is 11.6. The molecule has 0 aliphatic heterocycles. The highest BCUT2D eigenvalue weighted by Gasteiger charge is 2.10. The summed E-state index contributed by atoms with van der Waals surface area (Å²) in [5.41, 5.74) is 1.15. The number of aliphatic hydroxyl groups excluding tert-OH is 1. The van der Waals surface area contributed by atoms with Crippen LogP contribution in [0.3, 0.4) is 0 Å². The zero-order chi connectivity index (χ0) is 14.1. The van der Waals surface area contributed by atoms with Gasteiger partial charge in [0.1, 0.15) is 0 Å². The van der Waals surface area contributed by atoms with Crippen molar-refractivity contribution in [3.8, 4) is 0 Å². The van der Waals surface area contributed by atoms with Crippen LogP contribution in [0.4, 0.5) is 0 Å². The number of aliphatic hydroxyl groups is 1. The van der Waals surface area contributed by atoms with Crippen LogP contribution >= 0.6 is 0 Å². The SMILES string of the molecule is CC(C)CNC(=O)CNC(CO)Cc1ccccc1. The van der Waals surface area contributed by atoms with Gasteiger partial charge in [-0.25, -0.2) is 0 Å². The zero-order valence-corrected chi connectivity index (χ0v) is 11.7. The summed E-state index contributed by atoms with van der Waals surface area (Å²) in [6.45, 7) is 5.05. The molecule has 4 heteroatoms. The van der Waals surface area contributed by atoms with Crippen molar-refractivity contribution >= 4 is 5.91 Å². The Kier molecular flexibility index (Phi) is 7.15. The number of hydrogen-bond donors (Lipinski definition) is 3. The standard InChI is InChI=1S/C15H24N2O2/c1-12(2)9-17-15(19)10-16-14(11-18)8-13-6-4-3-5-7-13/h3-7,12,14,16,18H,8-11H2,1-2H3,(H,17,19). The van der Waals surface area contributed by atoms with Gasteiger partial charge in [0, 0.05) is 12.6 Å². The fourth-order valence-electron chi connectivity index (χ4n) is 1.72. The Morgan fingerprint density at radius 2 is 1.95 bits per heavy atom. The molecule has 106 valence electrons. The van der Waals surface area contributed by atoms with E-state index in [1.54, 1.807) is 0 Å². The maximum absolute atomic E-state index is 11.6. The minimum Gasteiger partial charge on any atom is -0.395 e. The van der Waals surface area contributed by atoms with Gasteiger partial charge < -0.3 is 15.7 Å². The van der Waals surface area contributed by atoms with Gasteiger partial charge in [-0.3, -0.25) is 4.79 Å². The molecule has 1 unspecified atom stereocenters. The molecular formula is C15H24N2O2. The van der Waals surface area contributed by atoms with Crippen LogP contribution in [0.25, 0.3) is 0 Å². The predicted octanol–water partition coefficient (Wildman–Crippen LogP) is 0.952. The molecule has 1 rings (SSSR count). The van der Waals surface area contributed by atoms with E-state index in [0.29, 0.717) is 12.5 Å². The topological polar surface area (TPSA) is 61.4 Å². The van der Waals surface area contributed by atoms with Crippen LogP contribution in [0, 0.1) is 5.92 Å². The Bertz CT molecular complexity index is 366. The van der Waals surface area contributed by atoms with Crippen molar-refractivity contribution in [3.63, 3.8) is 0 Å². The number of nitrogens with one attached hydrogen (secondary N) is 2. The summed E-state index contributed by atoms with van der Waals surface area (Å²) in [7, 11) is 0. The van der Waals surface area contributed by atoms with Gasteiger partial charge in [-0.1, -0.05) is 44.2 Å². The van der Waals surface area contributed by atoms with Crippen LogP contribution in [0.2, 0.25) is 0 Å². The second kappa shape index (κ2) is 8.67. The van der Waals surface area contributed by atoms with Crippen molar-refractivity contribution in [2.45, 2.75) is 26.3 Å².